The van der Waals surface area contributed by atoms with E-state index in [-0.39, 0.29) is 5.69 Å². The molecular formula is C16H15F3N4. The van der Waals surface area contributed by atoms with Gasteiger partial charge in [-0.2, -0.15) is 13.2 Å². The molecule has 4 nitrogen and oxygen atoms in total. The van der Waals surface area contributed by atoms with Gasteiger partial charge in [0.25, 0.3) is 0 Å². The summed E-state index contributed by atoms with van der Waals surface area (Å²) in [6.45, 7) is 0.763. The first kappa shape index (κ1) is 15.5. The van der Waals surface area contributed by atoms with Gasteiger partial charge < -0.3 is 4.90 Å². The van der Waals surface area contributed by atoms with Crippen LogP contribution in [0.1, 0.15) is 11.4 Å². The Kier molecular flexibility index (Phi) is 3.81. The molecule has 0 atom stereocenters. The van der Waals surface area contributed by atoms with Crippen LogP contribution in [-0.2, 0) is 12.7 Å². The molecule has 0 spiro atoms. The molecule has 0 unspecified atom stereocenters. The fourth-order valence-corrected chi connectivity index (χ4v) is 2.48. The summed E-state index contributed by atoms with van der Waals surface area (Å²) >= 11 is 0. The van der Waals surface area contributed by atoms with E-state index < -0.39 is 12.0 Å². The normalized spacial score (nSPS) is 12.3. The van der Waals surface area contributed by atoms with E-state index in [2.05, 4.69) is 9.97 Å². The van der Waals surface area contributed by atoms with Crippen LogP contribution in [0.4, 0.5) is 13.2 Å². The zero-order valence-corrected chi connectivity index (χ0v) is 12.7. The molecule has 23 heavy (non-hydrogen) atoms. The molecule has 0 saturated carbocycles. The largest absolute Gasteiger partial charge is 0.450 e. The van der Waals surface area contributed by atoms with E-state index in [0.717, 1.165) is 16.5 Å². The third-order valence-corrected chi connectivity index (χ3v) is 3.43. The molecule has 0 saturated heterocycles. The first-order chi connectivity index (χ1) is 10.9. The van der Waals surface area contributed by atoms with Gasteiger partial charge in [0, 0.05) is 24.5 Å². The van der Waals surface area contributed by atoms with E-state index in [1.54, 1.807) is 12.1 Å². The third-order valence-electron chi connectivity index (χ3n) is 3.43. The van der Waals surface area contributed by atoms with Crippen molar-refractivity contribution in [1.82, 2.24) is 19.3 Å². The molecule has 0 aliphatic carbocycles. The average molecular weight is 320 g/mol. The first-order valence-electron chi connectivity index (χ1n) is 6.99. The van der Waals surface area contributed by atoms with E-state index in [4.69, 9.17) is 0 Å². The molecule has 1 aromatic carbocycles. The Labute approximate surface area is 131 Å². The smallest absolute Gasteiger partial charge is 0.305 e. The summed E-state index contributed by atoms with van der Waals surface area (Å²) in [7, 11) is 3.91. The van der Waals surface area contributed by atoms with Gasteiger partial charge in [0.2, 0.25) is 5.82 Å². The maximum Gasteiger partial charge on any atom is 0.450 e. The molecule has 2 heterocycles. The number of hydrogen-bond acceptors (Lipinski definition) is 3. The fourth-order valence-electron chi connectivity index (χ4n) is 2.48. The Morgan fingerprint density at radius 3 is 2.43 bits per heavy atom. The van der Waals surface area contributed by atoms with E-state index in [1.807, 2.05) is 31.1 Å². The number of rotatable bonds is 3. The highest BCUT2D eigenvalue weighted by Gasteiger charge is 2.37. The summed E-state index contributed by atoms with van der Waals surface area (Å²) in [6, 6.07) is 7.36. The number of nitrogens with zero attached hydrogens (tertiary/aromatic N) is 4. The van der Waals surface area contributed by atoms with Crippen LogP contribution in [0, 0.1) is 0 Å². The van der Waals surface area contributed by atoms with Crippen LogP contribution in [-0.4, -0.2) is 33.4 Å². The van der Waals surface area contributed by atoms with Crippen molar-refractivity contribution in [1.29, 1.82) is 0 Å². The molecule has 0 N–H and O–H groups in total. The van der Waals surface area contributed by atoms with Crippen LogP contribution in [0.25, 0.3) is 16.8 Å². The number of alkyl halides is 3. The van der Waals surface area contributed by atoms with Crippen LogP contribution in [0.15, 0.2) is 42.9 Å². The van der Waals surface area contributed by atoms with Crippen molar-refractivity contribution in [3.63, 3.8) is 0 Å². The molecule has 0 radical (unpaired) electrons. The van der Waals surface area contributed by atoms with Gasteiger partial charge in [-0.1, -0.05) is 24.3 Å². The Morgan fingerprint density at radius 1 is 1.13 bits per heavy atom. The number of imidazole rings is 1. The number of fused-ring (bicyclic) bond motifs is 1. The van der Waals surface area contributed by atoms with Crippen LogP contribution in [0.5, 0.6) is 0 Å². The highest BCUT2D eigenvalue weighted by molar-refractivity contribution is 5.77. The molecule has 0 bridgehead atoms. The Morgan fingerprint density at radius 2 is 1.83 bits per heavy atom. The second kappa shape index (κ2) is 5.66. The quantitative estimate of drug-likeness (QED) is 0.741. The first-order valence-corrected chi connectivity index (χ1v) is 6.99. The summed E-state index contributed by atoms with van der Waals surface area (Å²) in [5.74, 6) is -0.942. The van der Waals surface area contributed by atoms with Gasteiger partial charge >= 0.3 is 6.18 Å². The van der Waals surface area contributed by atoms with Crippen molar-refractivity contribution in [3.8, 4) is 11.3 Å². The maximum atomic E-state index is 13.1. The summed E-state index contributed by atoms with van der Waals surface area (Å²) in [5, 5.41) is 0. The molecule has 120 valence electrons. The zero-order chi connectivity index (χ0) is 16.6. The van der Waals surface area contributed by atoms with Crippen molar-refractivity contribution in [3.05, 3.63) is 54.2 Å². The highest BCUT2D eigenvalue weighted by Crippen LogP contribution is 2.33. The summed E-state index contributed by atoms with van der Waals surface area (Å²) < 4.78 is 40.5. The lowest BCUT2D eigenvalue weighted by Gasteiger charge is -2.09. The van der Waals surface area contributed by atoms with Gasteiger partial charge in [-0.3, -0.25) is 9.38 Å². The van der Waals surface area contributed by atoms with Gasteiger partial charge in [0.05, 0.1) is 17.4 Å². The van der Waals surface area contributed by atoms with Gasteiger partial charge in [0.1, 0.15) is 0 Å². The molecule has 0 fully saturated rings. The van der Waals surface area contributed by atoms with Crippen molar-refractivity contribution in [2.24, 2.45) is 0 Å². The fraction of sp³-hybridized carbons (Fsp3) is 0.250. The molecule has 7 heteroatoms. The minimum Gasteiger partial charge on any atom is -0.305 e. The molecule has 0 aliphatic heterocycles. The predicted octanol–water partition coefficient (Wildman–Crippen LogP) is 3.48. The zero-order valence-electron chi connectivity index (χ0n) is 12.7. The van der Waals surface area contributed by atoms with E-state index in [1.165, 1.54) is 18.6 Å². The number of halogens is 3. The highest BCUT2D eigenvalue weighted by atomic mass is 19.4. The topological polar surface area (TPSA) is 33.4 Å². The van der Waals surface area contributed by atoms with Gasteiger partial charge in [-0.05, 0) is 19.7 Å². The minimum absolute atomic E-state index is 0.279. The second-order valence-electron chi connectivity index (χ2n) is 5.55. The molecule has 3 rings (SSSR count). The predicted molar refractivity (Wildman–Crippen MR) is 80.8 cm³/mol. The summed E-state index contributed by atoms with van der Waals surface area (Å²) in [4.78, 5) is 9.75. The summed E-state index contributed by atoms with van der Waals surface area (Å²) in [5.41, 5.74) is 2.33. The Bertz CT molecular complexity index is 819. The van der Waals surface area contributed by atoms with Gasteiger partial charge in [-0.25, -0.2) is 4.98 Å². The lowest BCUT2D eigenvalue weighted by Crippen LogP contribution is -2.10. The van der Waals surface area contributed by atoms with Crippen LogP contribution >= 0.6 is 0 Å². The average Bonchev–Trinajstić information content (AvgIpc) is 2.87. The van der Waals surface area contributed by atoms with E-state index in [9.17, 15) is 13.2 Å². The molecule has 2 aromatic heterocycles. The molecule has 3 aromatic rings. The molecule has 0 amide bonds. The maximum absolute atomic E-state index is 13.1. The summed E-state index contributed by atoms with van der Waals surface area (Å²) in [6.07, 6.45) is -0.540. The van der Waals surface area contributed by atoms with Crippen LogP contribution < -0.4 is 0 Å². The third kappa shape index (κ3) is 3.05. The van der Waals surface area contributed by atoms with E-state index >= 15 is 0 Å². The Balaban J connectivity index is 2.10. The molecular weight excluding hydrogens is 305 g/mol. The van der Waals surface area contributed by atoms with Crippen molar-refractivity contribution in [2.45, 2.75) is 12.7 Å². The van der Waals surface area contributed by atoms with Gasteiger partial charge in [0.15, 0.2) is 0 Å². The Hall–Kier alpha value is -2.41. The standard InChI is InChI=1S/C16H15F3N4/c1-22(2)10-11-3-5-12(6-4-11)14-13-9-20-7-8-23(13)15(21-14)16(17,18)19/h3-9H,10H2,1-2H3. The van der Waals surface area contributed by atoms with Crippen molar-refractivity contribution in [2.75, 3.05) is 14.1 Å². The van der Waals surface area contributed by atoms with Crippen LogP contribution in [0.2, 0.25) is 0 Å². The van der Waals surface area contributed by atoms with Crippen molar-refractivity contribution < 1.29 is 13.2 Å². The van der Waals surface area contributed by atoms with Gasteiger partial charge in [-0.15, -0.1) is 0 Å². The second-order valence-corrected chi connectivity index (χ2v) is 5.55. The minimum atomic E-state index is -4.52. The number of aromatic nitrogens is 3. The lowest BCUT2D eigenvalue weighted by atomic mass is 10.1. The SMILES string of the molecule is CN(C)Cc1ccc(-c2nc(C(F)(F)F)n3ccncc23)cc1. The lowest BCUT2D eigenvalue weighted by molar-refractivity contribution is -0.145. The van der Waals surface area contributed by atoms with Crippen LogP contribution in [0.3, 0.4) is 0 Å². The monoisotopic (exact) mass is 320 g/mol. The van der Waals surface area contributed by atoms with Crippen molar-refractivity contribution >= 4 is 5.52 Å². The molecule has 0 aliphatic rings. The number of benzene rings is 1. The number of hydrogen-bond donors (Lipinski definition) is 0. The van der Waals surface area contributed by atoms with E-state index in [0.29, 0.717) is 11.1 Å².